The second-order valence-electron chi connectivity index (χ2n) is 5.35. The van der Waals surface area contributed by atoms with Gasteiger partial charge in [0.15, 0.2) is 13.2 Å². The van der Waals surface area contributed by atoms with Crippen molar-refractivity contribution < 1.29 is 19.1 Å². The average Bonchev–Trinajstić information content (AvgIpc) is 2.66. The highest BCUT2D eigenvalue weighted by Crippen LogP contribution is 2.26. The summed E-state index contributed by atoms with van der Waals surface area (Å²) in [6.07, 6.45) is 0. The number of rotatable bonds is 8. The Morgan fingerprint density at radius 1 is 1.22 bits per heavy atom. The Hall–Kier alpha value is -2.69. The van der Waals surface area contributed by atoms with E-state index in [0.717, 1.165) is 10.5 Å². The molecule has 2 aromatic carbocycles. The summed E-state index contributed by atoms with van der Waals surface area (Å²) >= 11 is 7.23. The molecule has 27 heavy (non-hydrogen) atoms. The highest BCUT2D eigenvalue weighted by atomic mass is 35.5. The third kappa shape index (κ3) is 6.85. The summed E-state index contributed by atoms with van der Waals surface area (Å²) in [4.78, 5) is 24.5. The third-order valence-corrected chi connectivity index (χ3v) is 4.67. The lowest BCUT2D eigenvalue weighted by molar-refractivity contribution is -0.149. The summed E-state index contributed by atoms with van der Waals surface area (Å²) in [5.41, 5.74) is 1.39. The van der Waals surface area contributed by atoms with Gasteiger partial charge in [-0.05, 0) is 42.8 Å². The molecule has 0 saturated heterocycles. The summed E-state index contributed by atoms with van der Waals surface area (Å²) in [7, 11) is 0. The molecule has 0 unspecified atom stereocenters. The number of nitrogens with one attached hydrogen (secondary N) is 1. The number of aryl methyl sites for hydroxylation is 1. The molecule has 0 aliphatic carbocycles. The molecular weight excluding hydrogens is 388 g/mol. The maximum absolute atomic E-state index is 12.0. The Kier molecular flexibility index (Phi) is 7.99. The van der Waals surface area contributed by atoms with Crippen molar-refractivity contribution in [1.82, 2.24) is 0 Å². The molecule has 0 radical (unpaired) electrons. The number of anilines is 1. The van der Waals surface area contributed by atoms with Crippen molar-refractivity contribution in [1.29, 1.82) is 5.26 Å². The second-order valence-corrected chi connectivity index (χ2v) is 6.78. The molecule has 1 amide bonds. The smallest absolute Gasteiger partial charge is 0.344 e. The van der Waals surface area contributed by atoms with E-state index in [9.17, 15) is 9.59 Å². The molecule has 0 spiro atoms. The minimum absolute atomic E-state index is 0.267. The SMILES string of the molecule is Cc1cc(OCC(=O)OCC(=O)Nc2ccccc2SCC#N)ccc1Cl. The number of carbonyl (C=O) groups is 2. The first kappa shape index (κ1) is 20.6. The van der Waals surface area contributed by atoms with Gasteiger partial charge in [0.25, 0.3) is 5.91 Å². The van der Waals surface area contributed by atoms with Gasteiger partial charge >= 0.3 is 5.97 Å². The zero-order valence-electron chi connectivity index (χ0n) is 14.5. The normalized spacial score (nSPS) is 9.96. The van der Waals surface area contributed by atoms with Crippen LogP contribution in [0.25, 0.3) is 0 Å². The highest BCUT2D eigenvalue weighted by Gasteiger charge is 2.11. The number of nitrogens with zero attached hydrogens (tertiary/aromatic N) is 1. The molecule has 8 heteroatoms. The van der Waals surface area contributed by atoms with E-state index in [2.05, 4.69) is 5.32 Å². The van der Waals surface area contributed by atoms with Crippen LogP contribution in [0.5, 0.6) is 5.75 Å². The number of carbonyl (C=O) groups excluding carboxylic acids is 2. The number of amides is 1. The maximum Gasteiger partial charge on any atom is 0.344 e. The molecule has 140 valence electrons. The molecule has 0 atom stereocenters. The Morgan fingerprint density at radius 3 is 2.74 bits per heavy atom. The fourth-order valence-electron chi connectivity index (χ4n) is 2.03. The molecule has 0 saturated carbocycles. The van der Waals surface area contributed by atoms with Crippen LogP contribution in [0, 0.1) is 18.3 Å². The number of thioether (sulfide) groups is 1. The lowest BCUT2D eigenvalue weighted by Gasteiger charge is -2.10. The van der Waals surface area contributed by atoms with Crippen molar-refractivity contribution >= 4 is 40.9 Å². The van der Waals surface area contributed by atoms with Gasteiger partial charge in [-0.1, -0.05) is 23.7 Å². The third-order valence-electron chi connectivity index (χ3n) is 3.30. The fraction of sp³-hybridized carbons (Fsp3) is 0.211. The molecule has 0 heterocycles. The molecule has 1 N–H and O–H groups in total. The summed E-state index contributed by atoms with van der Waals surface area (Å²) < 4.78 is 10.2. The lowest BCUT2D eigenvalue weighted by atomic mass is 10.2. The minimum Gasteiger partial charge on any atom is -0.482 e. The van der Waals surface area contributed by atoms with Gasteiger partial charge < -0.3 is 14.8 Å². The van der Waals surface area contributed by atoms with E-state index in [1.165, 1.54) is 11.8 Å². The van der Waals surface area contributed by atoms with Crippen molar-refractivity contribution in [2.24, 2.45) is 0 Å². The number of ether oxygens (including phenoxy) is 2. The number of nitriles is 1. The van der Waals surface area contributed by atoms with Crippen molar-refractivity contribution in [2.75, 3.05) is 24.3 Å². The van der Waals surface area contributed by atoms with Gasteiger partial charge in [0.1, 0.15) is 5.75 Å². The quantitative estimate of drug-likeness (QED) is 0.531. The number of halogens is 1. The van der Waals surface area contributed by atoms with Crippen LogP contribution in [0.4, 0.5) is 5.69 Å². The Balaban J connectivity index is 1.79. The van der Waals surface area contributed by atoms with Gasteiger partial charge in [-0.2, -0.15) is 5.26 Å². The van der Waals surface area contributed by atoms with Gasteiger partial charge in [0.05, 0.1) is 17.5 Å². The molecular formula is C19H17ClN2O4S. The van der Waals surface area contributed by atoms with E-state index < -0.39 is 18.5 Å². The summed E-state index contributed by atoms with van der Waals surface area (Å²) in [6, 6.07) is 14.1. The van der Waals surface area contributed by atoms with Crippen molar-refractivity contribution in [2.45, 2.75) is 11.8 Å². The van der Waals surface area contributed by atoms with Gasteiger partial charge in [0.2, 0.25) is 0 Å². The Morgan fingerprint density at radius 2 is 2.00 bits per heavy atom. The number of esters is 1. The Labute approximate surface area is 166 Å². The summed E-state index contributed by atoms with van der Waals surface area (Å²) in [5.74, 6) is -0.383. The second kappa shape index (κ2) is 10.5. The van der Waals surface area contributed by atoms with E-state index in [4.69, 9.17) is 26.3 Å². The van der Waals surface area contributed by atoms with Crippen molar-refractivity contribution in [3.8, 4) is 11.8 Å². The lowest BCUT2D eigenvalue weighted by Crippen LogP contribution is -2.23. The van der Waals surface area contributed by atoms with Crippen molar-refractivity contribution in [3.05, 3.63) is 53.1 Å². The van der Waals surface area contributed by atoms with E-state index >= 15 is 0 Å². The van der Waals surface area contributed by atoms with Crippen LogP contribution in [-0.2, 0) is 14.3 Å². The first-order chi connectivity index (χ1) is 13.0. The number of hydrogen-bond acceptors (Lipinski definition) is 6. The van der Waals surface area contributed by atoms with Gasteiger partial charge in [-0.15, -0.1) is 11.8 Å². The van der Waals surface area contributed by atoms with Crippen molar-refractivity contribution in [3.63, 3.8) is 0 Å². The van der Waals surface area contributed by atoms with Gasteiger partial charge in [-0.25, -0.2) is 4.79 Å². The molecule has 2 aromatic rings. The molecule has 0 aliphatic rings. The molecule has 0 bridgehead atoms. The van der Waals surface area contributed by atoms with Crippen LogP contribution in [0.3, 0.4) is 0 Å². The molecule has 6 nitrogen and oxygen atoms in total. The van der Waals surface area contributed by atoms with E-state index in [1.54, 1.807) is 36.4 Å². The van der Waals surface area contributed by atoms with Crippen LogP contribution < -0.4 is 10.1 Å². The Bertz CT molecular complexity index is 867. The van der Waals surface area contributed by atoms with Crippen LogP contribution in [0.2, 0.25) is 5.02 Å². The number of para-hydroxylation sites is 1. The van der Waals surface area contributed by atoms with Gasteiger partial charge in [-0.3, -0.25) is 4.79 Å². The minimum atomic E-state index is -0.662. The van der Waals surface area contributed by atoms with Crippen LogP contribution in [0.1, 0.15) is 5.56 Å². The predicted octanol–water partition coefficient (Wildman–Crippen LogP) is 3.82. The van der Waals surface area contributed by atoms with E-state index in [1.807, 2.05) is 19.1 Å². The number of hydrogen-bond donors (Lipinski definition) is 1. The monoisotopic (exact) mass is 404 g/mol. The van der Waals surface area contributed by atoms with E-state index in [-0.39, 0.29) is 12.4 Å². The van der Waals surface area contributed by atoms with E-state index in [0.29, 0.717) is 16.5 Å². The first-order valence-corrected chi connectivity index (χ1v) is 9.29. The van der Waals surface area contributed by atoms with Crippen LogP contribution in [-0.4, -0.2) is 30.8 Å². The zero-order valence-corrected chi connectivity index (χ0v) is 16.1. The van der Waals surface area contributed by atoms with Crippen LogP contribution in [0.15, 0.2) is 47.4 Å². The average molecular weight is 405 g/mol. The largest absolute Gasteiger partial charge is 0.482 e. The predicted molar refractivity (Wildman–Crippen MR) is 104 cm³/mol. The first-order valence-electron chi connectivity index (χ1n) is 7.93. The maximum atomic E-state index is 12.0. The molecule has 0 aromatic heterocycles. The summed E-state index contributed by atoms with van der Waals surface area (Å²) in [5, 5.41) is 11.9. The van der Waals surface area contributed by atoms with Gasteiger partial charge in [0, 0.05) is 9.92 Å². The highest BCUT2D eigenvalue weighted by molar-refractivity contribution is 7.99. The number of benzene rings is 2. The summed E-state index contributed by atoms with van der Waals surface area (Å²) in [6.45, 7) is 1.08. The molecule has 0 fully saturated rings. The standard InChI is InChI=1S/C19H17ClN2O4S/c1-13-10-14(6-7-15(13)20)25-12-19(24)26-11-18(23)22-16-4-2-3-5-17(16)27-9-8-21/h2-7,10H,9,11-12H2,1H3,(H,22,23). The molecule has 0 aliphatic heterocycles. The fourth-order valence-corrected chi connectivity index (χ4v) is 2.82. The van der Waals surface area contributed by atoms with Crippen LogP contribution >= 0.6 is 23.4 Å². The zero-order chi connectivity index (χ0) is 19.6. The topological polar surface area (TPSA) is 88.4 Å². The molecule has 2 rings (SSSR count).